The quantitative estimate of drug-likeness (QED) is 0.239. The lowest BCUT2D eigenvalue weighted by Crippen LogP contribution is -2.46. The molecule has 8 heteroatoms. The number of aromatic nitrogens is 2. The highest BCUT2D eigenvalue weighted by Gasteiger charge is 2.21. The average Bonchev–Trinajstić information content (AvgIpc) is 3.01. The van der Waals surface area contributed by atoms with E-state index >= 15 is 0 Å². The number of para-hydroxylation sites is 2. The number of nitrogens with zero attached hydrogens (tertiary/aromatic N) is 4. The van der Waals surface area contributed by atoms with Crippen LogP contribution < -0.4 is 10.6 Å². The zero-order valence-corrected chi connectivity index (χ0v) is 21.1. The fraction of sp³-hybridized carbons (Fsp3) is 0.636. The molecule has 1 aliphatic rings. The van der Waals surface area contributed by atoms with Gasteiger partial charge in [0.1, 0.15) is 5.82 Å². The Morgan fingerprint density at radius 2 is 1.73 bits per heavy atom. The first-order valence-electron chi connectivity index (χ1n) is 10.8. The maximum absolute atomic E-state index is 5.80. The maximum atomic E-state index is 5.80. The molecule has 0 amide bonds. The summed E-state index contributed by atoms with van der Waals surface area (Å²) in [6.07, 6.45) is 2.78. The van der Waals surface area contributed by atoms with Crippen molar-refractivity contribution in [2.45, 2.75) is 52.4 Å². The molecule has 0 aliphatic carbocycles. The number of imidazole rings is 1. The van der Waals surface area contributed by atoms with Crippen molar-refractivity contribution in [3.05, 3.63) is 30.1 Å². The number of aliphatic imine (C=N–C) groups is 1. The number of hydrogen-bond donors (Lipinski definition) is 2. The van der Waals surface area contributed by atoms with Crippen molar-refractivity contribution < 1.29 is 4.74 Å². The molecule has 2 unspecified atom stereocenters. The van der Waals surface area contributed by atoms with Crippen molar-refractivity contribution in [3.63, 3.8) is 0 Å². The molecule has 30 heavy (non-hydrogen) atoms. The van der Waals surface area contributed by atoms with E-state index in [-0.39, 0.29) is 24.0 Å². The third-order valence-corrected chi connectivity index (χ3v) is 5.36. The Bertz CT molecular complexity index is 798. The van der Waals surface area contributed by atoms with Gasteiger partial charge in [0.15, 0.2) is 5.96 Å². The number of benzene rings is 1. The van der Waals surface area contributed by atoms with E-state index in [0.717, 1.165) is 69.4 Å². The second kappa shape index (κ2) is 12.5. The third kappa shape index (κ3) is 7.09. The van der Waals surface area contributed by atoms with Crippen LogP contribution in [0.15, 0.2) is 29.3 Å². The van der Waals surface area contributed by atoms with Crippen LogP contribution in [0.1, 0.15) is 32.5 Å². The van der Waals surface area contributed by atoms with E-state index in [9.17, 15) is 0 Å². The van der Waals surface area contributed by atoms with Crippen LogP contribution in [-0.4, -0.2) is 72.4 Å². The standard InChI is InChI=1S/C22H36N6O.HI/c1-17-15-27(16-18(2)29-17)13-7-11-24-22(23-4)25-12-8-14-28-19(3)26-20-9-5-6-10-21(20)28;/h5-6,9-10,17-18H,7-8,11-16H2,1-4H3,(H2,23,24,25);1H. The van der Waals surface area contributed by atoms with Crippen molar-refractivity contribution in [3.8, 4) is 0 Å². The van der Waals surface area contributed by atoms with Crippen LogP contribution >= 0.6 is 24.0 Å². The highest BCUT2D eigenvalue weighted by Crippen LogP contribution is 2.15. The van der Waals surface area contributed by atoms with Gasteiger partial charge in [-0.05, 0) is 45.7 Å². The topological polar surface area (TPSA) is 66.7 Å². The molecule has 1 aromatic carbocycles. The van der Waals surface area contributed by atoms with Gasteiger partial charge in [0, 0.05) is 46.3 Å². The molecule has 1 aromatic heterocycles. The van der Waals surface area contributed by atoms with E-state index in [1.165, 1.54) is 5.52 Å². The van der Waals surface area contributed by atoms with Crippen LogP contribution in [0, 0.1) is 6.92 Å². The van der Waals surface area contributed by atoms with Gasteiger partial charge in [0.05, 0.1) is 23.2 Å². The van der Waals surface area contributed by atoms with Gasteiger partial charge in [0.2, 0.25) is 0 Å². The first-order chi connectivity index (χ1) is 14.1. The highest BCUT2D eigenvalue weighted by molar-refractivity contribution is 14.0. The lowest BCUT2D eigenvalue weighted by atomic mass is 10.2. The molecule has 1 saturated heterocycles. The van der Waals surface area contributed by atoms with Crippen LogP contribution in [0.2, 0.25) is 0 Å². The van der Waals surface area contributed by atoms with Crippen molar-refractivity contribution in [1.82, 2.24) is 25.1 Å². The number of hydrogen-bond acceptors (Lipinski definition) is 4. The minimum absolute atomic E-state index is 0. The Labute approximate surface area is 197 Å². The second-order valence-corrected chi connectivity index (χ2v) is 7.95. The number of halogens is 1. The molecule has 0 saturated carbocycles. The minimum Gasteiger partial charge on any atom is -0.373 e. The predicted molar refractivity (Wildman–Crippen MR) is 135 cm³/mol. The maximum Gasteiger partial charge on any atom is 0.190 e. The van der Waals surface area contributed by atoms with Crippen LogP contribution in [0.5, 0.6) is 0 Å². The Kier molecular flexibility index (Phi) is 10.3. The first kappa shape index (κ1) is 24.9. The van der Waals surface area contributed by atoms with Gasteiger partial charge in [-0.2, -0.15) is 0 Å². The van der Waals surface area contributed by atoms with E-state index < -0.39 is 0 Å². The van der Waals surface area contributed by atoms with Gasteiger partial charge in [-0.3, -0.25) is 9.89 Å². The molecule has 2 aromatic rings. The summed E-state index contributed by atoms with van der Waals surface area (Å²) in [5, 5.41) is 6.85. The Hall–Kier alpha value is -1.39. The number of fused-ring (bicyclic) bond motifs is 1. The first-order valence-corrected chi connectivity index (χ1v) is 10.8. The van der Waals surface area contributed by atoms with Crippen LogP contribution in [-0.2, 0) is 11.3 Å². The van der Waals surface area contributed by atoms with E-state index in [0.29, 0.717) is 12.2 Å². The van der Waals surface area contributed by atoms with Gasteiger partial charge in [-0.1, -0.05) is 12.1 Å². The summed E-state index contributed by atoms with van der Waals surface area (Å²) in [4.78, 5) is 11.5. The third-order valence-electron chi connectivity index (χ3n) is 5.36. The van der Waals surface area contributed by atoms with Crippen molar-refractivity contribution in [1.29, 1.82) is 0 Å². The van der Waals surface area contributed by atoms with E-state index in [1.54, 1.807) is 0 Å². The van der Waals surface area contributed by atoms with Gasteiger partial charge in [-0.25, -0.2) is 4.98 Å². The normalized spacial score (nSPS) is 20.2. The van der Waals surface area contributed by atoms with E-state index in [1.807, 2.05) is 13.1 Å². The molecule has 7 nitrogen and oxygen atoms in total. The molecule has 0 radical (unpaired) electrons. The molecule has 2 heterocycles. The van der Waals surface area contributed by atoms with E-state index in [4.69, 9.17) is 4.74 Å². The summed E-state index contributed by atoms with van der Waals surface area (Å²) in [5.74, 6) is 1.95. The van der Waals surface area contributed by atoms with Gasteiger partial charge in [-0.15, -0.1) is 24.0 Å². The largest absolute Gasteiger partial charge is 0.373 e. The number of guanidine groups is 1. The summed E-state index contributed by atoms with van der Waals surface area (Å²) in [6, 6.07) is 8.32. The number of ether oxygens (including phenoxy) is 1. The zero-order valence-electron chi connectivity index (χ0n) is 18.7. The highest BCUT2D eigenvalue weighted by atomic mass is 127. The van der Waals surface area contributed by atoms with E-state index in [2.05, 4.69) is 69.0 Å². The Morgan fingerprint density at radius 3 is 2.40 bits per heavy atom. The van der Waals surface area contributed by atoms with Crippen LogP contribution in [0.3, 0.4) is 0 Å². The molecule has 0 bridgehead atoms. The van der Waals surface area contributed by atoms with Crippen molar-refractivity contribution in [2.75, 3.05) is 39.8 Å². The molecule has 1 aliphatic heterocycles. The van der Waals surface area contributed by atoms with Gasteiger partial charge in [0.25, 0.3) is 0 Å². The average molecular weight is 528 g/mol. The number of nitrogens with one attached hydrogen (secondary N) is 2. The predicted octanol–water partition coefficient (Wildman–Crippen LogP) is 3.02. The van der Waals surface area contributed by atoms with Gasteiger partial charge < -0.3 is 19.9 Å². The number of aryl methyl sites for hydroxylation is 2. The molecule has 168 valence electrons. The zero-order chi connectivity index (χ0) is 20.6. The molecule has 2 atom stereocenters. The summed E-state index contributed by atoms with van der Waals surface area (Å²) >= 11 is 0. The lowest BCUT2D eigenvalue weighted by Gasteiger charge is -2.35. The van der Waals surface area contributed by atoms with Crippen LogP contribution in [0.25, 0.3) is 11.0 Å². The van der Waals surface area contributed by atoms with Crippen LogP contribution in [0.4, 0.5) is 0 Å². The summed E-state index contributed by atoms with van der Waals surface area (Å²) in [6.45, 7) is 12.3. The second-order valence-electron chi connectivity index (χ2n) is 7.95. The summed E-state index contributed by atoms with van der Waals surface area (Å²) in [7, 11) is 1.83. The lowest BCUT2D eigenvalue weighted by molar-refractivity contribution is -0.0679. The van der Waals surface area contributed by atoms with Crippen molar-refractivity contribution in [2.24, 2.45) is 4.99 Å². The molecule has 0 spiro atoms. The SMILES string of the molecule is CN=C(NCCCN1CC(C)OC(C)C1)NCCCn1c(C)nc2ccccc21.I. The summed E-state index contributed by atoms with van der Waals surface area (Å²) in [5.41, 5.74) is 2.28. The van der Waals surface area contributed by atoms with Gasteiger partial charge >= 0.3 is 0 Å². The van der Waals surface area contributed by atoms with Crippen molar-refractivity contribution >= 4 is 41.0 Å². The molecular formula is C22H37IN6O. The fourth-order valence-corrected chi connectivity index (χ4v) is 4.12. The molecular weight excluding hydrogens is 491 g/mol. The number of morpholine rings is 1. The molecule has 3 rings (SSSR count). The number of rotatable bonds is 8. The Balaban J connectivity index is 0.00000320. The smallest absolute Gasteiger partial charge is 0.190 e. The minimum atomic E-state index is 0. The molecule has 1 fully saturated rings. The fourth-order valence-electron chi connectivity index (χ4n) is 4.12. The molecule has 2 N–H and O–H groups in total. The monoisotopic (exact) mass is 528 g/mol. The Morgan fingerprint density at radius 1 is 1.10 bits per heavy atom. The summed E-state index contributed by atoms with van der Waals surface area (Å²) < 4.78 is 8.09.